The summed E-state index contributed by atoms with van der Waals surface area (Å²) in [4.78, 5) is 36.0. The number of carboxylic acids is 1. The highest BCUT2D eigenvalue weighted by atomic mass is 19.4. The number of nitrogens with one attached hydrogen (secondary N) is 3. The number of aliphatic carboxylic acids is 1. The number of amides is 3. The van der Waals surface area contributed by atoms with Crippen LogP contribution in [0.2, 0.25) is 0 Å². The van der Waals surface area contributed by atoms with Gasteiger partial charge in [-0.3, -0.25) is 9.59 Å². The molecule has 2 bridgehead atoms. The summed E-state index contributed by atoms with van der Waals surface area (Å²) in [5.41, 5.74) is 1.75. The molecule has 11 heteroatoms. The van der Waals surface area contributed by atoms with E-state index in [9.17, 15) is 27.6 Å². The zero-order valence-corrected chi connectivity index (χ0v) is 22.4. The van der Waals surface area contributed by atoms with Crippen LogP contribution in [-0.2, 0) is 4.79 Å². The normalized spacial score (nSPS) is 21.9. The van der Waals surface area contributed by atoms with Crippen LogP contribution in [0.1, 0.15) is 67.9 Å². The fourth-order valence-corrected chi connectivity index (χ4v) is 6.14. The molecule has 0 aliphatic heterocycles. The Bertz CT molecular complexity index is 1210. The van der Waals surface area contributed by atoms with Crippen LogP contribution in [0.5, 0.6) is 5.75 Å². The van der Waals surface area contributed by atoms with Crippen LogP contribution in [0.3, 0.4) is 0 Å². The number of carbonyl (C=O) groups excluding carboxylic acids is 2. The van der Waals surface area contributed by atoms with Crippen LogP contribution < -0.4 is 20.7 Å². The second-order valence-electron chi connectivity index (χ2n) is 11.2. The van der Waals surface area contributed by atoms with Gasteiger partial charge in [0.2, 0.25) is 0 Å². The summed E-state index contributed by atoms with van der Waals surface area (Å²) in [6.45, 7) is 4.62. The van der Waals surface area contributed by atoms with Gasteiger partial charge in [-0.05, 0) is 90.8 Å². The van der Waals surface area contributed by atoms with E-state index in [-0.39, 0.29) is 36.1 Å². The molecule has 3 aliphatic carbocycles. The van der Waals surface area contributed by atoms with E-state index >= 15 is 0 Å². The Morgan fingerprint density at radius 2 is 1.73 bits per heavy atom. The van der Waals surface area contributed by atoms with Crippen molar-refractivity contribution in [2.45, 2.75) is 58.4 Å². The predicted octanol–water partition coefficient (Wildman–Crippen LogP) is 6.11. The van der Waals surface area contributed by atoms with Crippen molar-refractivity contribution in [3.8, 4) is 5.75 Å². The highest BCUT2D eigenvalue weighted by Gasteiger charge is 2.54. The number of hydrogen-bond donors (Lipinski definition) is 4. The van der Waals surface area contributed by atoms with Gasteiger partial charge in [-0.25, -0.2) is 4.79 Å². The third-order valence-electron chi connectivity index (χ3n) is 8.39. The maximum absolute atomic E-state index is 13.0. The number of hydrogen-bond acceptors (Lipinski definition) is 4. The molecule has 2 aromatic rings. The van der Waals surface area contributed by atoms with E-state index in [4.69, 9.17) is 5.11 Å². The molecular formula is C29H34F3N3O5. The molecule has 2 aromatic carbocycles. The summed E-state index contributed by atoms with van der Waals surface area (Å²) in [6.07, 6.45) is -0.877. The van der Waals surface area contributed by atoms with E-state index in [1.807, 2.05) is 0 Å². The van der Waals surface area contributed by atoms with Crippen molar-refractivity contribution in [1.29, 1.82) is 0 Å². The number of alkyl halides is 3. The zero-order valence-electron chi connectivity index (χ0n) is 22.4. The lowest BCUT2D eigenvalue weighted by molar-refractivity contribution is -0.274. The van der Waals surface area contributed by atoms with Crippen molar-refractivity contribution in [3.63, 3.8) is 0 Å². The van der Waals surface area contributed by atoms with Crippen LogP contribution in [0.4, 0.5) is 23.7 Å². The molecule has 40 heavy (non-hydrogen) atoms. The zero-order chi connectivity index (χ0) is 29.1. The number of carbonyl (C=O) groups is 3. The average molecular weight is 562 g/mol. The Kier molecular flexibility index (Phi) is 8.60. The quantitative estimate of drug-likeness (QED) is 0.279. The third kappa shape index (κ3) is 7.25. The van der Waals surface area contributed by atoms with Crippen molar-refractivity contribution in [2.24, 2.45) is 23.2 Å². The number of benzene rings is 2. The van der Waals surface area contributed by atoms with E-state index < -0.39 is 18.4 Å². The minimum Gasteiger partial charge on any atom is -0.481 e. The summed E-state index contributed by atoms with van der Waals surface area (Å²) >= 11 is 0. The molecule has 4 N–H and O–H groups in total. The molecule has 3 saturated carbocycles. The van der Waals surface area contributed by atoms with Gasteiger partial charge in [-0.15, -0.1) is 13.2 Å². The Morgan fingerprint density at radius 3 is 2.30 bits per heavy atom. The van der Waals surface area contributed by atoms with Crippen LogP contribution in [0, 0.1) is 23.2 Å². The molecule has 3 aliphatic rings. The van der Waals surface area contributed by atoms with Gasteiger partial charge >= 0.3 is 18.4 Å². The number of rotatable bonds is 10. The summed E-state index contributed by atoms with van der Waals surface area (Å²) < 4.78 is 41.2. The number of halogens is 3. The van der Waals surface area contributed by atoms with Crippen molar-refractivity contribution in [2.75, 3.05) is 11.9 Å². The molecule has 0 saturated heterocycles. The molecule has 3 fully saturated rings. The van der Waals surface area contributed by atoms with E-state index in [0.29, 0.717) is 29.5 Å². The fourth-order valence-electron chi connectivity index (χ4n) is 6.14. The number of carboxylic acid groups (broad SMARTS) is 1. The lowest BCUT2D eigenvalue weighted by atomic mass is 9.45. The average Bonchev–Trinajstić information content (AvgIpc) is 2.88. The van der Waals surface area contributed by atoms with Gasteiger partial charge in [0.1, 0.15) is 5.75 Å². The minimum atomic E-state index is -4.80. The monoisotopic (exact) mass is 561 g/mol. The van der Waals surface area contributed by atoms with Crippen LogP contribution in [0.15, 0.2) is 48.5 Å². The van der Waals surface area contributed by atoms with Gasteiger partial charge in [0.05, 0.1) is 12.5 Å². The fraction of sp³-hybridized carbons (Fsp3) is 0.483. The van der Waals surface area contributed by atoms with Gasteiger partial charge in [-0.2, -0.15) is 0 Å². The first kappa shape index (κ1) is 29.2. The molecule has 8 nitrogen and oxygen atoms in total. The van der Waals surface area contributed by atoms with Gasteiger partial charge in [0, 0.05) is 17.8 Å². The Hall–Kier alpha value is -3.76. The van der Waals surface area contributed by atoms with E-state index in [0.717, 1.165) is 36.5 Å². The maximum atomic E-state index is 13.0. The van der Waals surface area contributed by atoms with Gasteiger partial charge < -0.3 is 25.8 Å². The number of ether oxygens (including phenoxy) is 1. The first-order valence-corrected chi connectivity index (χ1v) is 13.3. The van der Waals surface area contributed by atoms with Crippen molar-refractivity contribution in [3.05, 3.63) is 59.7 Å². The van der Waals surface area contributed by atoms with Crippen molar-refractivity contribution >= 4 is 23.6 Å². The first-order valence-electron chi connectivity index (χ1n) is 13.3. The minimum absolute atomic E-state index is 0.0173. The molecular weight excluding hydrogens is 527 g/mol. The summed E-state index contributed by atoms with van der Waals surface area (Å²) in [7, 11) is 0. The molecule has 3 amide bonds. The summed E-state index contributed by atoms with van der Waals surface area (Å²) in [5, 5.41) is 17.0. The Balaban J connectivity index is 1.45. The molecule has 0 radical (unpaired) electrons. The number of urea groups is 1. The summed E-state index contributed by atoms with van der Waals surface area (Å²) in [6, 6.07) is 10.9. The highest BCUT2D eigenvalue weighted by molar-refractivity contribution is 5.94. The lowest BCUT2D eigenvalue weighted by Crippen LogP contribution is -2.53. The third-order valence-corrected chi connectivity index (χ3v) is 8.39. The maximum Gasteiger partial charge on any atom is 0.573 e. The first-order chi connectivity index (χ1) is 18.8. The SMILES string of the molecule is CC1(C)[C@@H]2CC[C@H](CC(NC(=O)Nc3ccc(OC(F)(F)F)cc3)c3ccc(C(=O)NCCC(=O)O)cc3)[C@@H]1C2. The van der Waals surface area contributed by atoms with Crippen LogP contribution in [0.25, 0.3) is 0 Å². The Morgan fingerprint density at radius 1 is 1.05 bits per heavy atom. The van der Waals surface area contributed by atoms with Crippen molar-refractivity contribution < 1.29 is 37.4 Å². The molecule has 0 spiro atoms. The van der Waals surface area contributed by atoms with Crippen LogP contribution >= 0.6 is 0 Å². The molecule has 5 rings (SSSR count). The van der Waals surface area contributed by atoms with E-state index in [2.05, 4.69) is 34.5 Å². The number of fused-ring (bicyclic) bond motifs is 2. The molecule has 0 heterocycles. The molecule has 216 valence electrons. The molecule has 0 aromatic heterocycles. The topological polar surface area (TPSA) is 117 Å². The van der Waals surface area contributed by atoms with Gasteiger partial charge in [0.25, 0.3) is 5.91 Å². The second-order valence-corrected chi connectivity index (χ2v) is 11.2. The highest BCUT2D eigenvalue weighted by Crippen LogP contribution is 2.62. The largest absolute Gasteiger partial charge is 0.573 e. The van der Waals surface area contributed by atoms with Gasteiger partial charge in [0.15, 0.2) is 0 Å². The predicted molar refractivity (Wildman–Crippen MR) is 142 cm³/mol. The van der Waals surface area contributed by atoms with E-state index in [1.54, 1.807) is 24.3 Å². The molecule has 4 atom stereocenters. The Labute approximate surface area is 230 Å². The van der Waals surface area contributed by atoms with Crippen LogP contribution in [-0.4, -0.2) is 35.9 Å². The standard InChI is InChI=1S/C29H34F3N3O5/c1-28(2)20-8-7-19(23(28)16-20)15-24(17-3-5-18(6-4-17)26(38)33-14-13-25(36)37)35-27(39)34-21-9-11-22(12-10-21)40-29(30,31)32/h3-6,9-12,19-20,23-24H,7-8,13-16H2,1-2H3,(H,33,38)(H,36,37)(H2,34,35,39)/t19-,20-,23+,24?/m1/s1. The lowest BCUT2D eigenvalue weighted by Gasteiger charge is -2.60. The summed E-state index contributed by atoms with van der Waals surface area (Å²) in [5.74, 6) is -0.0874. The number of anilines is 1. The second kappa shape index (κ2) is 11.8. The molecule has 1 unspecified atom stereocenters. The van der Waals surface area contributed by atoms with Crippen molar-refractivity contribution in [1.82, 2.24) is 10.6 Å². The van der Waals surface area contributed by atoms with E-state index in [1.165, 1.54) is 18.6 Å². The smallest absolute Gasteiger partial charge is 0.481 e. The van der Waals surface area contributed by atoms with Gasteiger partial charge in [-0.1, -0.05) is 26.0 Å².